The van der Waals surface area contributed by atoms with Crippen LogP contribution in [-0.4, -0.2) is 34.6 Å². The van der Waals surface area contributed by atoms with Crippen LogP contribution < -0.4 is 0 Å². The van der Waals surface area contributed by atoms with E-state index in [0.29, 0.717) is 6.42 Å². The average molecular weight is 304 g/mol. The summed E-state index contributed by atoms with van der Waals surface area (Å²) in [5, 5.41) is 20.9. The molecule has 2 bridgehead atoms. The maximum Gasteiger partial charge on any atom is 0.269 e. The third-order valence-electron chi connectivity index (χ3n) is 5.23. The van der Waals surface area contributed by atoms with E-state index in [2.05, 4.69) is 4.90 Å². The SMILES string of the molecule is O=[N+]([O-])c1ccc(C(O)CCN2CCC3CCC(C3)C2)cc1. The van der Waals surface area contributed by atoms with Crippen molar-refractivity contribution >= 4 is 5.69 Å². The van der Waals surface area contributed by atoms with Gasteiger partial charge in [0.25, 0.3) is 5.69 Å². The highest BCUT2D eigenvalue weighted by molar-refractivity contribution is 5.33. The van der Waals surface area contributed by atoms with Crippen LogP contribution in [0.2, 0.25) is 0 Å². The van der Waals surface area contributed by atoms with E-state index in [1.165, 1.54) is 44.4 Å². The minimum atomic E-state index is -0.541. The van der Waals surface area contributed by atoms with Crippen molar-refractivity contribution < 1.29 is 10.0 Å². The van der Waals surface area contributed by atoms with E-state index in [1.54, 1.807) is 12.1 Å². The Kier molecular flexibility index (Phi) is 4.74. The molecule has 5 nitrogen and oxygen atoms in total. The first-order chi connectivity index (χ1) is 10.6. The van der Waals surface area contributed by atoms with Gasteiger partial charge < -0.3 is 10.0 Å². The first-order valence-corrected chi connectivity index (χ1v) is 8.26. The molecule has 2 fully saturated rings. The zero-order chi connectivity index (χ0) is 15.5. The molecule has 0 radical (unpaired) electrons. The Bertz CT molecular complexity index is 517. The molecule has 1 heterocycles. The number of hydrogen-bond donors (Lipinski definition) is 1. The summed E-state index contributed by atoms with van der Waals surface area (Å²) in [6.07, 6.45) is 5.61. The maximum absolute atomic E-state index is 10.6. The van der Waals surface area contributed by atoms with Gasteiger partial charge in [0.2, 0.25) is 0 Å². The molecule has 1 aliphatic heterocycles. The summed E-state index contributed by atoms with van der Waals surface area (Å²) in [5.41, 5.74) is 0.835. The van der Waals surface area contributed by atoms with Crippen LogP contribution in [0.5, 0.6) is 0 Å². The van der Waals surface area contributed by atoms with Crippen LogP contribution in [0.3, 0.4) is 0 Å². The van der Waals surface area contributed by atoms with Crippen molar-refractivity contribution in [3.63, 3.8) is 0 Å². The van der Waals surface area contributed by atoms with Crippen LogP contribution in [-0.2, 0) is 0 Å². The van der Waals surface area contributed by atoms with Crippen LogP contribution in [0.15, 0.2) is 24.3 Å². The highest BCUT2D eigenvalue weighted by Crippen LogP contribution is 2.36. The van der Waals surface area contributed by atoms with Gasteiger partial charge in [0.1, 0.15) is 0 Å². The van der Waals surface area contributed by atoms with E-state index in [0.717, 1.165) is 30.5 Å². The first kappa shape index (κ1) is 15.4. The molecule has 5 heteroatoms. The second kappa shape index (κ2) is 6.75. The number of nitro groups is 1. The van der Waals surface area contributed by atoms with Gasteiger partial charge in [0.05, 0.1) is 11.0 Å². The lowest BCUT2D eigenvalue weighted by molar-refractivity contribution is -0.384. The summed E-state index contributed by atoms with van der Waals surface area (Å²) >= 11 is 0. The standard InChI is InChI=1S/C17H24N2O3/c20-17(15-3-5-16(6-4-15)19(21)22)8-10-18-9-7-13-1-2-14(11-13)12-18/h3-6,13-14,17,20H,1-2,7-12H2. The molecule has 120 valence electrons. The van der Waals surface area contributed by atoms with Crippen molar-refractivity contribution in [2.75, 3.05) is 19.6 Å². The molecular weight excluding hydrogens is 280 g/mol. The highest BCUT2D eigenvalue weighted by Gasteiger charge is 2.29. The van der Waals surface area contributed by atoms with E-state index >= 15 is 0 Å². The summed E-state index contributed by atoms with van der Waals surface area (Å²) in [7, 11) is 0. The van der Waals surface area contributed by atoms with Gasteiger partial charge in [-0.25, -0.2) is 0 Å². The summed E-state index contributed by atoms with van der Waals surface area (Å²) < 4.78 is 0. The summed E-state index contributed by atoms with van der Waals surface area (Å²) in [6, 6.07) is 6.24. The Labute approximate surface area is 131 Å². The van der Waals surface area contributed by atoms with Crippen LogP contribution in [0.4, 0.5) is 5.69 Å². The van der Waals surface area contributed by atoms with E-state index in [9.17, 15) is 15.2 Å². The van der Waals surface area contributed by atoms with Gasteiger partial charge in [0.15, 0.2) is 0 Å². The van der Waals surface area contributed by atoms with Crippen LogP contribution in [0, 0.1) is 22.0 Å². The number of non-ortho nitro benzene ring substituents is 1. The zero-order valence-corrected chi connectivity index (χ0v) is 12.9. The lowest BCUT2D eigenvalue weighted by Gasteiger charge is -2.25. The fourth-order valence-electron chi connectivity index (χ4n) is 3.92. The molecule has 1 saturated carbocycles. The molecule has 0 spiro atoms. The number of rotatable bonds is 5. The fraction of sp³-hybridized carbons (Fsp3) is 0.647. The molecule has 1 N–H and O–H groups in total. The van der Waals surface area contributed by atoms with Gasteiger partial charge in [-0.2, -0.15) is 0 Å². The summed E-state index contributed by atoms with van der Waals surface area (Å²) in [4.78, 5) is 12.7. The lowest BCUT2D eigenvalue weighted by Crippen LogP contribution is -2.30. The third-order valence-corrected chi connectivity index (χ3v) is 5.23. The first-order valence-electron chi connectivity index (χ1n) is 8.26. The van der Waals surface area contributed by atoms with Crippen molar-refractivity contribution in [1.82, 2.24) is 4.90 Å². The number of nitrogens with zero attached hydrogens (tertiary/aromatic N) is 2. The Morgan fingerprint density at radius 1 is 1.23 bits per heavy atom. The Morgan fingerprint density at radius 2 is 1.95 bits per heavy atom. The van der Waals surface area contributed by atoms with Crippen molar-refractivity contribution in [3.05, 3.63) is 39.9 Å². The summed E-state index contributed by atoms with van der Waals surface area (Å²) in [5.74, 6) is 1.78. The molecule has 0 aromatic heterocycles. The molecule has 1 saturated heterocycles. The number of nitro benzene ring substituents is 1. The van der Waals surface area contributed by atoms with Crippen LogP contribution in [0.1, 0.15) is 43.8 Å². The summed E-state index contributed by atoms with van der Waals surface area (Å²) in [6.45, 7) is 3.22. The smallest absolute Gasteiger partial charge is 0.269 e. The van der Waals surface area contributed by atoms with E-state index in [4.69, 9.17) is 0 Å². The monoisotopic (exact) mass is 304 g/mol. The Hall–Kier alpha value is -1.46. The minimum absolute atomic E-state index is 0.0690. The lowest BCUT2D eigenvalue weighted by atomic mass is 10.0. The number of fused-ring (bicyclic) bond motifs is 2. The molecule has 3 rings (SSSR count). The highest BCUT2D eigenvalue weighted by atomic mass is 16.6. The molecular formula is C17H24N2O3. The topological polar surface area (TPSA) is 66.6 Å². The number of benzene rings is 1. The molecule has 3 atom stereocenters. The number of likely N-dealkylation sites (tertiary alicyclic amines) is 1. The minimum Gasteiger partial charge on any atom is -0.388 e. The van der Waals surface area contributed by atoms with Gasteiger partial charge in [-0.1, -0.05) is 6.42 Å². The molecule has 1 aromatic rings. The molecule has 22 heavy (non-hydrogen) atoms. The van der Waals surface area contributed by atoms with Crippen molar-refractivity contribution in [1.29, 1.82) is 0 Å². The predicted octanol–water partition coefficient (Wildman–Crippen LogP) is 3.14. The van der Waals surface area contributed by atoms with Gasteiger partial charge >= 0.3 is 0 Å². The van der Waals surface area contributed by atoms with Crippen molar-refractivity contribution in [2.24, 2.45) is 11.8 Å². The third kappa shape index (κ3) is 3.65. The molecule has 2 aliphatic rings. The average Bonchev–Trinajstić information content (AvgIpc) is 2.85. The number of aliphatic hydroxyl groups excluding tert-OH is 1. The second-order valence-electron chi connectivity index (χ2n) is 6.79. The number of hydrogen-bond acceptors (Lipinski definition) is 4. The van der Waals surface area contributed by atoms with Gasteiger partial charge in [0, 0.05) is 25.2 Å². The van der Waals surface area contributed by atoms with Gasteiger partial charge in [-0.05, 0) is 61.8 Å². The molecule has 0 amide bonds. The Balaban J connectivity index is 1.51. The molecule has 1 aliphatic carbocycles. The molecule has 3 unspecified atom stereocenters. The van der Waals surface area contributed by atoms with E-state index in [1.807, 2.05) is 0 Å². The van der Waals surface area contributed by atoms with Crippen LogP contribution in [0.25, 0.3) is 0 Å². The normalized spacial score (nSPS) is 26.6. The zero-order valence-electron chi connectivity index (χ0n) is 12.9. The maximum atomic E-state index is 10.6. The quantitative estimate of drug-likeness (QED) is 0.670. The predicted molar refractivity (Wildman–Crippen MR) is 84.6 cm³/mol. The van der Waals surface area contributed by atoms with Gasteiger partial charge in [-0.3, -0.25) is 10.1 Å². The van der Waals surface area contributed by atoms with E-state index < -0.39 is 11.0 Å². The molecule has 1 aromatic carbocycles. The second-order valence-corrected chi connectivity index (χ2v) is 6.79. The van der Waals surface area contributed by atoms with Gasteiger partial charge in [-0.15, -0.1) is 0 Å². The Morgan fingerprint density at radius 3 is 2.68 bits per heavy atom. The van der Waals surface area contributed by atoms with Crippen LogP contribution >= 0.6 is 0 Å². The fourth-order valence-corrected chi connectivity index (χ4v) is 3.92. The van der Waals surface area contributed by atoms with Crippen molar-refractivity contribution in [3.8, 4) is 0 Å². The largest absolute Gasteiger partial charge is 0.388 e. The number of aliphatic hydroxyl groups is 1. The van der Waals surface area contributed by atoms with Crippen molar-refractivity contribution in [2.45, 2.75) is 38.2 Å². The van der Waals surface area contributed by atoms with E-state index in [-0.39, 0.29) is 5.69 Å².